The summed E-state index contributed by atoms with van der Waals surface area (Å²) in [6.07, 6.45) is 4.00. The third kappa shape index (κ3) is 3.71. The van der Waals surface area contributed by atoms with Crippen molar-refractivity contribution in [3.63, 3.8) is 0 Å². The number of nitrogens with zero attached hydrogens (tertiary/aromatic N) is 2. The van der Waals surface area contributed by atoms with E-state index in [0.717, 1.165) is 22.3 Å². The van der Waals surface area contributed by atoms with Crippen molar-refractivity contribution in [3.05, 3.63) is 28.2 Å². The lowest BCUT2D eigenvalue weighted by Gasteiger charge is -2.15. The van der Waals surface area contributed by atoms with Crippen LogP contribution in [0, 0.1) is 0 Å². The lowest BCUT2D eigenvalue weighted by Crippen LogP contribution is -2.25. The molecule has 5 heteroatoms. The normalized spacial score (nSPS) is 16.5. The minimum Gasteiger partial charge on any atom is -0.491 e. The SMILES string of the molecule is ON=Cc1ccc(OCCN2CCCC2)c(Br)c1. The first-order valence-corrected chi connectivity index (χ1v) is 6.91. The van der Waals surface area contributed by atoms with E-state index in [2.05, 4.69) is 26.0 Å². The molecule has 0 aliphatic carbocycles. The molecule has 1 aromatic carbocycles. The number of halogens is 1. The number of hydrogen-bond acceptors (Lipinski definition) is 4. The van der Waals surface area contributed by atoms with Crippen molar-refractivity contribution < 1.29 is 9.94 Å². The Morgan fingerprint density at radius 3 is 2.83 bits per heavy atom. The van der Waals surface area contributed by atoms with E-state index in [1.54, 1.807) is 0 Å². The van der Waals surface area contributed by atoms with Crippen molar-refractivity contribution in [2.45, 2.75) is 12.8 Å². The molecule has 1 aliphatic rings. The van der Waals surface area contributed by atoms with Crippen molar-refractivity contribution in [2.75, 3.05) is 26.2 Å². The van der Waals surface area contributed by atoms with E-state index in [1.165, 1.54) is 32.1 Å². The molecule has 0 spiro atoms. The first-order chi connectivity index (χ1) is 8.79. The molecule has 0 radical (unpaired) electrons. The molecule has 0 saturated carbocycles. The van der Waals surface area contributed by atoms with Crippen LogP contribution >= 0.6 is 15.9 Å². The van der Waals surface area contributed by atoms with Crippen molar-refractivity contribution in [1.29, 1.82) is 0 Å². The summed E-state index contributed by atoms with van der Waals surface area (Å²) < 4.78 is 6.61. The zero-order valence-electron chi connectivity index (χ0n) is 10.2. The maximum atomic E-state index is 8.46. The molecule has 1 saturated heterocycles. The molecule has 2 rings (SSSR count). The molecule has 0 unspecified atom stereocenters. The van der Waals surface area contributed by atoms with Crippen molar-refractivity contribution in [2.24, 2.45) is 5.16 Å². The summed E-state index contributed by atoms with van der Waals surface area (Å²) in [5, 5.41) is 11.5. The highest BCUT2D eigenvalue weighted by Gasteiger charge is 2.11. The molecule has 1 aromatic rings. The minimum atomic E-state index is 0.700. The van der Waals surface area contributed by atoms with Gasteiger partial charge >= 0.3 is 0 Å². The van der Waals surface area contributed by atoms with Crippen LogP contribution in [0.15, 0.2) is 27.8 Å². The van der Waals surface area contributed by atoms with Gasteiger partial charge in [-0.2, -0.15) is 0 Å². The van der Waals surface area contributed by atoms with E-state index in [9.17, 15) is 0 Å². The van der Waals surface area contributed by atoms with Gasteiger partial charge < -0.3 is 9.94 Å². The maximum absolute atomic E-state index is 8.46. The quantitative estimate of drug-likeness (QED) is 0.516. The van der Waals surface area contributed by atoms with E-state index in [4.69, 9.17) is 9.94 Å². The second-order valence-corrected chi connectivity index (χ2v) is 5.19. The number of likely N-dealkylation sites (tertiary alicyclic amines) is 1. The fourth-order valence-electron chi connectivity index (χ4n) is 2.07. The van der Waals surface area contributed by atoms with Gasteiger partial charge in [-0.1, -0.05) is 5.16 Å². The smallest absolute Gasteiger partial charge is 0.133 e. The highest BCUT2D eigenvalue weighted by atomic mass is 79.9. The van der Waals surface area contributed by atoms with Crippen molar-refractivity contribution in [3.8, 4) is 5.75 Å². The van der Waals surface area contributed by atoms with Gasteiger partial charge in [-0.05, 0) is 65.6 Å². The number of hydrogen-bond donors (Lipinski definition) is 1. The molecule has 0 bridgehead atoms. The molecular formula is C13H17BrN2O2. The maximum Gasteiger partial charge on any atom is 0.133 e. The van der Waals surface area contributed by atoms with E-state index >= 15 is 0 Å². The molecule has 1 aliphatic heterocycles. The largest absolute Gasteiger partial charge is 0.491 e. The summed E-state index contributed by atoms with van der Waals surface area (Å²) in [4.78, 5) is 2.42. The zero-order chi connectivity index (χ0) is 12.8. The summed E-state index contributed by atoms with van der Waals surface area (Å²) >= 11 is 3.45. The summed E-state index contributed by atoms with van der Waals surface area (Å²) in [6.45, 7) is 4.06. The van der Waals surface area contributed by atoms with Crippen LogP contribution in [0.4, 0.5) is 0 Å². The molecule has 0 atom stereocenters. The molecule has 0 amide bonds. The highest BCUT2D eigenvalue weighted by molar-refractivity contribution is 9.10. The van der Waals surface area contributed by atoms with E-state index < -0.39 is 0 Å². The lowest BCUT2D eigenvalue weighted by molar-refractivity contribution is 0.237. The van der Waals surface area contributed by atoms with Crippen LogP contribution in [0.3, 0.4) is 0 Å². The van der Waals surface area contributed by atoms with Crippen LogP contribution < -0.4 is 4.74 Å². The van der Waals surface area contributed by atoms with E-state index in [0.29, 0.717) is 6.61 Å². The number of oxime groups is 1. The molecule has 98 valence electrons. The van der Waals surface area contributed by atoms with Gasteiger partial charge in [0.2, 0.25) is 0 Å². The van der Waals surface area contributed by atoms with Gasteiger partial charge in [0, 0.05) is 6.54 Å². The van der Waals surface area contributed by atoms with Gasteiger partial charge in [0.1, 0.15) is 12.4 Å². The standard InChI is InChI=1S/C13H17BrN2O2/c14-12-9-11(10-15-17)3-4-13(12)18-8-7-16-5-1-2-6-16/h3-4,9-10,17H,1-2,5-8H2. The average Bonchev–Trinajstić information content (AvgIpc) is 2.85. The van der Waals surface area contributed by atoms with Gasteiger partial charge in [-0.15, -0.1) is 0 Å². The fraction of sp³-hybridized carbons (Fsp3) is 0.462. The third-order valence-electron chi connectivity index (χ3n) is 3.03. The van der Waals surface area contributed by atoms with Gasteiger partial charge in [0.05, 0.1) is 10.7 Å². The minimum absolute atomic E-state index is 0.700. The predicted molar refractivity (Wildman–Crippen MR) is 74.7 cm³/mol. The second kappa shape index (κ2) is 6.75. The molecule has 4 nitrogen and oxygen atoms in total. The zero-order valence-corrected chi connectivity index (χ0v) is 11.8. The lowest BCUT2D eigenvalue weighted by atomic mass is 10.2. The molecule has 1 fully saturated rings. The first-order valence-electron chi connectivity index (χ1n) is 6.12. The molecular weight excluding hydrogens is 296 g/mol. The van der Waals surface area contributed by atoms with Gasteiger partial charge in [0.15, 0.2) is 0 Å². The average molecular weight is 313 g/mol. The topological polar surface area (TPSA) is 45.1 Å². The molecule has 18 heavy (non-hydrogen) atoms. The predicted octanol–water partition coefficient (Wildman–Crippen LogP) is 2.73. The van der Waals surface area contributed by atoms with Crippen molar-refractivity contribution >= 4 is 22.1 Å². The Kier molecular flexibility index (Phi) is 5.01. The number of ether oxygens (including phenoxy) is 1. The van der Waals surface area contributed by atoms with E-state index in [1.807, 2.05) is 18.2 Å². The molecule has 1 N–H and O–H groups in total. The highest BCUT2D eigenvalue weighted by Crippen LogP contribution is 2.25. The van der Waals surface area contributed by atoms with Gasteiger partial charge in [0.25, 0.3) is 0 Å². The Bertz CT molecular complexity index is 417. The van der Waals surface area contributed by atoms with Crippen LogP contribution in [0.1, 0.15) is 18.4 Å². The summed E-state index contributed by atoms with van der Waals surface area (Å²) in [6, 6.07) is 5.60. The molecule has 1 heterocycles. The van der Waals surface area contributed by atoms with Crippen LogP contribution in [0.2, 0.25) is 0 Å². The third-order valence-corrected chi connectivity index (χ3v) is 3.65. The monoisotopic (exact) mass is 312 g/mol. The van der Waals surface area contributed by atoms with Gasteiger partial charge in [-0.3, -0.25) is 4.90 Å². The fourth-order valence-corrected chi connectivity index (χ4v) is 2.58. The van der Waals surface area contributed by atoms with Crippen LogP contribution in [0.25, 0.3) is 0 Å². The number of rotatable bonds is 5. The van der Waals surface area contributed by atoms with Crippen LogP contribution in [-0.4, -0.2) is 42.6 Å². The second-order valence-electron chi connectivity index (χ2n) is 4.33. The summed E-state index contributed by atoms with van der Waals surface area (Å²) in [5.41, 5.74) is 0.830. The Balaban J connectivity index is 1.85. The Labute approximate surface area is 115 Å². The van der Waals surface area contributed by atoms with Crippen LogP contribution in [0.5, 0.6) is 5.75 Å². The van der Waals surface area contributed by atoms with Crippen molar-refractivity contribution in [1.82, 2.24) is 4.90 Å². The Morgan fingerprint density at radius 1 is 1.39 bits per heavy atom. The van der Waals surface area contributed by atoms with E-state index in [-0.39, 0.29) is 0 Å². The molecule has 0 aromatic heterocycles. The van der Waals surface area contributed by atoms with Crippen LogP contribution in [-0.2, 0) is 0 Å². The first kappa shape index (κ1) is 13.4. The summed E-state index contributed by atoms with van der Waals surface area (Å²) in [5.74, 6) is 0.823. The van der Waals surface area contributed by atoms with Gasteiger partial charge in [-0.25, -0.2) is 0 Å². The Hall–Kier alpha value is -1.07. The number of benzene rings is 1. The Morgan fingerprint density at radius 2 is 2.17 bits per heavy atom. The summed E-state index contributed by atoms with van der Waals surface area (Å²) in [7, 11) is 0.